The first-order chi connectivity index (χ1) is 15.3. The molecule has 0 bridgehead atoms. The third-order valence-corrected chi connectivity index (χ3v) is 5.84. The number of nitro groups is 1. The number of hydrogen-bond acceptors (Lipinski definition) is 6. The number of nitrogens with one attached hydrogen (secondary N) is 3. The van der Waals surface area contributed by atoms with Gasteiger partial charge in [0.05, 0.1) is 21.9 Å². The van der Waals surface area contributed by atoms with E-state index < -0.39 is 10.8 Å². The number of halogens is 1. The Labute approximate surface area is 190 Å². The molecule has 5 rings (SSSR count). The molecule has 0 amide bonds. The van der Waals surface area contributed by atoms with E-state index in [0.29, 0.717) is 33.5 Å². The van der Waals surface area contributed by atoms with E-state index in [-0.39, 0.29) is 16.0 Å². The van der Waals surface area contributed by atoms with Crippen molar-refractivity contribution in [1.82, 2.24) is 19.7 Å². The van der Waals surface area contributed by atoms with Crippen molar-refractivity contribution in [3.63, 3.8) is 0 Å². The van der Waals surface area contributed by atoms with E-state index in [9.17, 15) is 14.9 Å². The van der Waals surface area contributed by atoms with Crippen molar-refractivity contribution in [3.05, 3.63) is 101 Å². The Morgan fingerprint density at radius 3 is 2.59 bits per heavy atom. The van der Waals surface area contributed by atoms with Gasteiger partial charge in [-0.05, 0) is 42.9 Å². The number of hydrogen-bond donors (Lipinski definition) is 3. The Kier molecular flexibility index (Phi) is 4.68. The number of rotatable bonds is 3. The van der Waals surface area contributed by atoms with Crippen LogP contribution >= 0.6 is 23.8 Å². The molecule has 1 aliphatic heterocycles. The fraction of sp³-hybridized carbons (Fsp3) is 0.0952. The number of aryl methyl sites for hydroxylation is 1. The third kappa shape index (κ3) is 3.20. The largest absolute Gasteiger partial charge is 0.326 e. The van der Waals surface area contributed by atoms with Gasteiger partial charge in [-0.1, -0.05) is 29.8 Å². The van der Waals surface area contributed by atoms with Crippen molar-refractivity contribution < 1.29 is 4.92 Å². The number of nitro benzene ring substituents is 1. The van der Waals surface area contributed by atoms with Crippen LogP contribution in [-0.2, 0) is 0 Å². The summed E-state index contributed by atoms with van der Waals surface area (Å²) in [6.45, 7) is 1.85. The van der Waals surface area contributed by atoms with Crippen LogP contribution in [0.5, 0.6) is 0 Å². The number of H-pyrrole nitrogens is 2. The van der Waals surface area contributed by atoms with Gasteiger partial charge in [-0.2, -0.15) is 5.10 Å². The maximum Gasteiger partial charge on any atom is 0.269 e. The zero-order chi connectivity index (χ0) is 22.6. The summed E-state index contributed by atoms with van der Waals surface area (Å²) in [6, 6.07) is 13.4. The summed E-state index contributed by atoms with van der Waals surface area (Å²) in [5.41, 5.74) is 2.98. The minimum atomic E-state index is -0.523. The number of aromatic nitrogens is 4. The minimum absolute atomic E-state index is 0.0316. The predicted molar refractivity (Wildman–Crippen MR) is 123 cm³/mol. The average Bonchev–Trinajstić information content (AvgIpc) is 3.08. The fourth-order valence-corrected chi connectivity index (χ4v) is 4.43. The number of non-ortho nitro benzene ring substituents is 1. The lowest BCUT2D eigenvalue weighted by Crippen LogP contribution is -2.26. The Bertz CT molecular complexity index is 1510. The second-order valence-corrected chi connectivity index (χ2v) is 8.19. The van der Waals surface area contributed by atoms with Crippen LogP contribution in [0.25, 0.3) is 5.69 Å². The van der Waals surface area contributed by atoms with Gasteiger partial charge in [0.2, 0.25) is 0 Å². The van der Waals surface area contributed by atoms with Gasteiger partial charge in [-0.25, -0.2) is 4.68 Å². The number of fused-ring (bicyclic) bond motifs is 2. The average molecular weight is 467 g/mol. The van der Waals surface area contributed by atoms with Gasteiger partial charge >= 0.3 is 0 Å². The second-order valence-electron chi connectivity index (χ2n) is 7.34. The number of nitrogens with zero attached hydrogens (tertiary/aromatic N) is 3. The summed E-state index contributed by atoms with van der Waals surface area (Å²) in [5, 5.41) is 19.6. The van der Waals surface area contributed by atoms with Crippen LogP contribution in [0.2, 0.25) is 5.02 Å². The molecule has 1 aliphatic rings. The summed E-state index contributed by atoms with van der Waals surface area (Å²) >= 11 is 11.4. The Morgan fingerprint density at radius 1 is 1.16 bits per heavy atom. The lowest BCUT2D eigenvalue weighted by molar-refractivity contribution is -0.384. The molecule has 2 aromatic carbocycles. The van der Waals surface area contributed by atoms with E-state index in [1.165, 1.54) is 12.1 Å². The van der Waals surface area contributed by atoms with Crippen molar-refractivity contribution >= 4 is 41.1 Å². The van der Waals surface area contributed by atoms with Crippen molar-refractivity contribution in [2.24, 2.45) is 0 Å². The van der Waals surface area contributed by atoms with Crippen molar-refractivity contribution in [2.75, 3.05) is 5.32 Å². The standard InChI is InChI=1S/C21H15ClN6O3S/c1-10-15-16(11-5-7-13(8-6-11)28(30)31)17-18(24-21(32)25-20(17)29)23-19(15)27(26-10)14-4-2-3-12(22)9-14/h2-9,16H,1H3,(H3,23,24,25,29,32). The summed E-state index contributed by atoms with van der Waals surface area (Å²) in [5.74, 6) is 0.570. The molecule has 0 aliphatic carbocycles. The molecule has 0 radical (unpaired) electrons. The number of anilines is 2. The van der Waals surface area contributed by atoms with Crippen LogP contribution in [0.4, 0.5) is 17.3 Å². The highest BCUT2D eigenvalue weighted by Gasteiger charge is 2.35. The Hall–Kier alpha value is -3.76. The van der Waals surface area contributed by atoms with Crippen LogP contribution in [0.15, 0.2) is 53.3 Å². The maximum absolute atomic E-state index is 13.0. The molecule has 1 atom stereocenters. The van der Waals surface area contributed by atoms with Crippen molar-refractivity contribution in [1.29, 1.82) is 0 Å². The molecule has 0 saturated carbocycles. The van der Waals surface area contributed by atoms with Gasteiger partial charge in [-0.15, -0.1) is 0 Å². The van der Waals surface area contributed by atoms with Gasteiger partial charge in [0.1, 0.15) is 11.6 Å². The molecule has 0 spiro atoms. The van der Waals surface area contributed by atoms with E-state index in [1.54, 1.807) is 28.9 Å². The monoisotopic (exact) mass is 466 g/mol. The summed E-state index contributed by atoms with van der Waals surface area (Å²) < 4.78 is 1.90. The normalized spacial score (nSPS) is 14.4. The van der Waals surface area contributed by atoms with Crippen LogP contribution in [0.1, 0.15) is 28.3 Å². The molecule has 2 aromatic heterocycles. The van der Waals surface area contributed by atoms with Crippen LogP contribution < -0.4 is 10.9 Å². The second kappa shape index (κ2) is 7.43. The molecule has 160 valence electrons. The molecular formula is C21H15ClN6O3S. The van der Waals surface area contributed by atoms with Gasteiger partial charge in [0.15, 0.2) is 4.77 Å². The molecule has 3 N–H and O–H groups in total. The minimum Gasteiger partial charge on any atom is -0.326 e. The lowest BCUT2D eigenvalue weighted by Gasteiger charge is -2.27. The third-order valence-electron chi connectivity index (χ3n) is 5.40. The number of benzene rings is 2. The predicted octanol–water partition coefficient (Wildman–Crippen LogP) is 4.73. The van der Waals surface area contributed by atoms with Crippen LogP contribution in [-0.4, -0.2) is 24.7 Å². The van der Waals surface area contributed by atoms with E-state index in [0.717, 1.165) is 11.3 Å². The maximum atomic E-state index is 13.0. The molecule has 0 saturated heterocycles. The van der Waals surface area contributed by atoms with Gasteiger partial charge in [0, 0.05) is 28.6 Å². The molecule has 3 heterocycles. The highest BCUT2D eigenvalue weighted by Crippen LogP contribution is 2.45. The molecule has 4 aromatic rings. The molecule has 0 fully saturated rings. The molecular weight excluding hydrogens is 452 g/mol. The quantitative estimate of drug-likeness (QED) is 0.201. The summed E-state index contributed by atoms with van der Waals surface area (Å²) in [4.78, 5) is 29.3. The van der Waals surface area contributed by atoms with E-state index in [4.69, 9.17) is 28.9 Å². The Morgan fingerprint density at radius 2 is 1.91 bits per heavy atom. The van der Waals surface area contributed by atoms with Crippen LogP contribution in [0, 0.1) is 21.8 Å². The lowest BCUT2D eigenvalue weighted by atomic mass is 9.83. The fourth-order valence-electron chi connectivity index (χ4n) is 4.05. The van der Waals surface area contributed by atoms with Crippen molar-refractivity contribution in [3.8, 4) is 5.69 Å². The first-order valence-corrected chi connectivity index (χ1v) is 10.4. The first kappa shape index (κ1) is 20.2. The van der Waals surface area contributed by atoms with Crippen LogP contribution in [0.3, 0.4) is 0 Å². The SMILES string of the molecule is Cc1nn(-c2cccc(Cl)c2)c2c1C(c1ccc([N+](=O)[O-])cc1)c1c([nH]c(=S)[nH]c1=O)N2. The smallest absolute Gasteiger partial charge is 0.269 e. The molecule has 32 heavy (non-hydrogen) atoms. The summed E-state index contributed by atoms with van der Waals surface area (Å²) in [7, 11) is 0. The molecule has 11 heteroatoms. The summed E-state index contributed by atoms with van der Waals surface area (Å²) in [6.07, 6.45) is 0. The number of aromatic amines is 2. The van der Waals surface area contributed by atoms with Gasteiger partial charge in [-0.3, -0.25) is 19.9 Å². The Balaban J connectivity index is 1.79. The molecule has 1 unspecified atom stereocenters. The topological polar surface area (TPSA) is 122 Å². The van der Waals surface area contributed by atoms with E-state index in [2.05, 4.69) is 15.3 Å². The highest BCUT2D eigenvalue weighted by molar-refractivity contribution is 7.71. The van der Waals surface area contributed by atoms with Crippen molar-refractivity contribution in [2.45, 2.75) is 12.8 Å². The zero-order valence-electron chi connectivity index (χ0n) is 16.5. The van der Waals surface area contributed by atoms with Gasteiger partial charge in [0.25, 0.3) is 11.2 Å². The van der Waals surface area contributed by atoms with Gasteiger partial charge < -0.3 is 10.3 Å². The van der Waals surface area contributed by atoms with E-state index >= 15 is 0 Å². The zero-order valence-corrected chi connectivity index (χ0v) is 18.1. The first-order valence-electron chi connectivity index (χ1n) is 9.57. The molecule has 9 nitrogen and oxygen atoms in total. The van der Waals surface area contributed by atoms with E-state index in [1.807, 2.05) is 19.1 Å². The highest BCUT2D eigenvalue weighted by atomic mass is 35.5.